The molecular formula is C10H12ClF4N3O. The number of imidazole rings is 1. The minimum absolute atomic E-state index is 0.201. The Balaban J connectivity index is 2.59. The summed E-state index contributed by atoms with van der Waals surface area (Å²) in [7, 11) is 1.56. The second-order valence-corrected chi connectivity index (χ2v) is 4.39. The van der Waals surface area contributed by atoms with Gasteiger partial charge in [-0.3, -0.25) is 4.79 Å². The van der Waals surface area contributed by atoms with Gasteiger partial charge in [0.05, 0.1) is 18.7 Å². The van der Waals surface area contributed by atoms with Gasteiger partial charge in [0, 0.05) is 7.05 Å². The smallest absolute Gasteiger partial charge is 0.346 e. The van der Waals surface area contributed by atoms with Gasteiger partial charge in [0.1, 0.15) is 11.0 Å². The average Bonchev–Trinajstić information content (AvgIpc) is 2.64. The van der Waals surface area contributed by atoms with E-state index in [1.165, 1.54) is 10.8 Å². The molecule has 108 valence electrons. The van der Waals surface area contributed by atoms with E-state index in [1.807, 2.05) is 5.32 Å². The number of nitrogens with one attached hydrogen (secondary N) is 1. The first-order valence-corrected chi connectivity index (χ1v) is 5.67. The summed E-state index contributed by atoms with van der Waals surface area (Å²) in [5, 5.41) is 2.35. The predicted molar refractivity (Wildman–Crippen MR) is 60.2 cm³/mol. The molecule has 4 nitrogen and oxygen atoms in total. The van der Waals surface area contributed by atoms with Crippen LogP contribution in [0.1, 0.15) is 12.7 Å². The minimum Gasteiger partial charge on any atom is -0.346 e. The molecular weight excluding hydrogens is 290 g/mol. The van der Waals surface area contributed by atoms with Crippen LogP contribution in [0.2, 0.25) is 5.15 Å². The summed E-state index contributed by atoms with van der Waals surface area (Å²) in [6.07, 6.45) is -6.10. The molecule has 1 amide bonds. The van der Waals surface area contributed by atoms with Crippen LogP contribution in [0, 0.1) is 5.92 Å². The molecule has 9 heteroatoms. The Morgan fingerprint density at radius 1 is 1.58 bits per heavy atom. The van der Waals surface area contributed by atoms with E-state index >= 15 is 0 Å². The van der Waals surface area contributed by atoms with Crippen LogP contribution in [0.4, 0.5) is 17.6 Å². The van der Waals surface area contributed by atoms with Crippen molar-refractivity contribution in [3.05, 3.63) is 17.2 Å². The first-order chi connectivity index (χ1) is 8.64. The van der Waals surface area contributed by atoms with E-state index in [0.717, 1.165) is 0 Å². The molecule has 0 fully saturated rings. The van der Waals surface area contributed by atoms with Gasteiger partial charge in [-0.15, -0.1) is 0 Å². The molecule has 2 unspecified atom stereocenters. The monoisotopic (exact) mass is 301 g/mol. The molecule has 2 atom stereocenters. The van der Waals surface area contributed by atoms with E-state index in [9.17, 15) is 22.4 Å². The Kier molecular flexibility index (Phi) is 4.78. The molecule has 0 aliphatic heterocycles. The van der Waals surface area contributed by atoms with Crippen molar-refractivity contribution in [1.29, 1.82) is 0 Å². The molecule has 1 rings (SSSR count). The highest BCUT2D eigenvalue weighted by molar-refractivity contribution is 6.29. The van der Waals surface area contributed by atoms with Gasteiger partial charge in [0.15, 0.2) is 6.17 Å². The van der Waals surface area contributed by atoms with Crippen molar-refractivity contribution in [3.63, 3.8) is 0 Å². The highest BCUT2D eigenvalue weighted by Gasteiger charge is 2.44. The fraction of sp³-hybridized carbons (Fsp3) is 0.600. The largest absolute Gasteiger partial charge is 0.394 e. The van der Waals surface area contributed by atoms with Crippen molar-refractivity contribution < 1.29 is 22.4 Å². The zero-order valence-electron chi connectivity index (χ0n) is 10.1. The molecule has 1 aromatic rings. The van der Waals surface area contributed by atoms with Crippen LogP contribution in [-0.4, -0.2) is 27.8 Å². The third kappa shape index (κ3) is 3.82. The van der Waals surface area contributed by atoms with Gasteiger partial charge in [0.25, 0.3) is 5.91 Å². The second-order valence-electron chi connectivity index (χ2n) is 4.01. The number of hydrogen-bond acceptors (Lipinski definition) is 2. The van der Waals surface area contributed by atoms with Crippen LogP contribution in [-0.2, 0) is 18.4 Å². The lowest BCUT2D eigenvalue weighted by Gasteiger charge is -2.19. The normalized spacial score (nSPS) is 15.1. The maximum atomic E-state index is 13.3. The van der Waals surface area contributed by atoms with E-state index in [2.05, 4.69) is 4.98 Å². The Morgan fingerprint density at radius 2 is 2.16 bits per heavy atom. The summed E-state index contributed by atoms with van der Waals surface area (Å²) in [4.78, 5) is 15.1. The minimum atomic E-state index is -4.76. The van der Waals surface area contributed by atoms with Crippen molar-refractivity contribution in [1.82, 2.24) is 14.9 Å². The van der Waals surface area contributed by atoms with E-state index in [-0.39, 0.29) is 6.54 Å². The summed E-state index contributed by atoms with van der Waals surface area (Å²) in [5.74, 6) is -3.38. The van der Waals surface area contributed by atoms with Gasteiger partial charge in [-0.1, -0.05) is 18.5 Å². The second kappa shape index (κ2) is 5.77. The number of aromatic nitrogens is 2. The number of rotatable bonds is 4. The molecule has 0 saturated heterocycles. The van der Waals surface area contributed by atoms with Crippen molar-refractivity contribution in [2.75, 3.05) is 0 Å². The van der Waals surface area contributed by atoms with Gasteiger partial charge in [-0.25, -0.2) is 9.37 Å². The molecule has 0 bridgehead atoms. The third-order valence-corrected chi connectivity index (χ3v) is 3.01. The van der Waals surface area contributed by atoms with Crippen LogP contribution in [0.3, 0.4) is 0 Å². The molecule has 0 aliphatic rings. The summed E-state index contributed by atoms with van der Waals surface area (Å²) in [5.41, 5.74) is 0. The van der Waals surface area contributed by atoms with Crippen molar-refractivity contribution in [2.24, 2.45) is 13.0 Å². The van der Waals surface area contributed by atoms with Crippen LogP contribution >= 0.6 is 11.6 Å². The van der Waals surface area contributed by atoms with Gasteiger partial charge in [-0.05, 0) is 0 Å². The number of carbonyl (C=O) groups excluding carboxylic acids is 1. The maximum absolute atomic E-state index is 13.3. The van der Waals surface area contributed by atoms with E-state index in [4.69, 9.17) is 11.6 Å². The van der Waals surface area contributed by atoms with Gasteiger partial charge in [0.2, 0.25) is 0 Å². The lowest BCUT2D eigenvalue weighted by molar-refractivity contribution is -0.188. The van der Waals surface area contributed by atoms with Crippen LogP contribution in [0.5, 0.6) is 0 Å². The molecule has 1 N–H and O–H groups in total. The van der Waals surface area contributed by atoms with Crippen LogP contribution < -0.4 is 5.32 Å². The molecule has 0 saturated carbocycles. The van der Waals surface area contributed by atoms with Crippen LogP contribution in [0.15, 0.2) is 6.20 Å². The Labute approximate surface area is 111 Å². The summed E-state index contributed by atoms with van der Waals surface area (Å²) < 4.78 is 51.4. The maximum Gasteiger partial charge on any atom is 0.394 e. The summed E-state index contributed by atoms with van der Waals surface area (Å²) >= 11 is 5.68. The number of amides is 1. The molecule has 0 spiro atoms. The number of halogens is 5. The van der Waals surface area contributed by atoms with E-state index < -0.39 is 24.2 Å². The topological polar surface area (TPSA) is 46.9 Å². The van der Waals surface area contributed by atoms with Crippen molar-refractivity contribution >= 4 is 17.5 Å². The number of hydrogen-bond donors (Lipinski definition) is 1. The number of carbonyl (C=O) groups is 1. The molecule has 0 radical (unpaired) electrons. The lowest BCUT2D eigenvalue weighted by atomic mass is 10.1. The highest BCUT2D eigenvalue weighted by atomic mass is 35.5. The summed E-state index contributed by atoms with van der Waals surface area (Å²) in [6, 6.07) is 0. The van der Waals surface area contributed by atoms with E-state index in [1.54, 1.807) is 7.05 Å². The van der Waals surface area contributed by atoms with Crippen molar-refractivity contribution in [2.45, 2.75) is 25.8 Å². The number of alkyl halides is 4. The zero-order chi connectivity index (χ0) is 14.8. The van der Waals surface area contributed by atoms with Gasteiger partial charge < -0.3 is 9.88 Å². The third-order valence-electron chi connectivity index (χ3n) is 2.65. The Morgan fingerprint density at radius 3 is 2.58 bits per heavy atom. The van der Waals surface area contributed by atoms with Crippen LogP contribution in [0.25, 0.3) is 0 Å². The molecule has 19 heavy (non-hydrogen) atoms. The highest BCUT2D eigenvalue weighted by Crippen LogP contribution is 2.29. The van der Waals surface area contributed by atoms with Gasteiger partial charge in [-0.2, -0.15) is 13.2 Å². The van der Waals surface area contributed by atoms with Gasteiger partial charge >= 0.3 is 6.18 Å². The lowest BCUT2D eigenvalue weighted by Crippen LogP contribution is -2.41. The Bertz CT molecular complexity index is 460. The average molecular weight is 302 g/mol. The first-order valence-electron chi connectivity index (χ1n) is 5.29. The molecule has 1 heterocycles. The van der Waals surface area contributed by atoms with E-state index in [0.29, 0.717) is 17.9 Å². The zero-order valence-corrected chi connectivity index (χ0v) is 10.9. The molecule has 1 aromatic heterocycles. The predicted octanol–water partition coefficient (Wildman–Crippen LogP) is 2.23. The standard InChI is InChI=1S/C10H12ClF4N3O/c1-5(10(13,14)15)8(12)9(19)17-4-7-16-3-6(11)18(7)2/h3,5,8H,4H2,1-2H3,(H,17,19). The number of nitrogens with zero attached hydrogens (tertiary/aromatic N) is 2. The quantitative estimate of drug-likeness (QED) is 0.867. The Hall–Kier alpha value is -1.31. The summed E-state index contributed by atoms with van der Waals surface area (Å²) in [6.45, 7) is 0.412. The molecule has 0 aliphatic carbocycles. The van der Waals surface area contributed by atoms with Crippen molar-refractivity contribution in [3.8, 4) is 0 Å². The fourth-order valence-corrected chi connectivity index (χ4v) is 1.39. The first kappa shape index (κ1) is 15.7. The molecule has 0 aromatic carbocycles. The fourth-order valence-electron chi connectivity index (χ4n) is 1.25. The SMILES string of the molecule is CC(C(F)C(=O)NCc1ncc(Cl)n1C)C(F)(F)F.